The van der Waals surface area contributed by atoms with Crippen LogP contribution in [-0.2, 0) is 0 Å². The molecule has 2 aromatic rings. The van der Waals surface area contributed by atoms with E-state index in [2.05, 4.69) is 20.9 Å². The van der Waals surface area contributed by atoms with E-state index in [1.54, 1.807) is 36.7 Å². The molecular formula is C14H10BrNO. The van der Waals surface area contributed by atoms with Crippen molar-refractivity contribution in [3.63, 3.8) is 0 Å². The molecule has 0 saturated carbocycles. The molecule has 0 aliphatic heterocycles. The number of carbonyl (C=O) groups is 1. The Hall–Kier alpha value is -1.74. The van der Waals surface area contributed by atoms with E-state index in [-0.39, 0.29) is 5.78 Å². The Morgan fingerprint density at radius 1 is 1.06 bits per heavy atom. The number of allylic oxidation sites excluding steroid dienone is 1. The van der Waals surface area contributed by atoms with E-state index < -0.39 is 0 Å². The zero-order valence-electron chi connectivity index (χ0n) is 9.01. The molecule has 0 saturated heterocycles. The van der Waals surface area contributed by atoms with Gasteiger partial charge in [-0.05, 0) is 35.9 Å². The molecule has 0 radical (unpaired) electrons. The second-order valence-electron chi connectivity index (χ2n) is 3.49. The first-order valence-electron chi connectivity index (χ1n) is 5.14. The number of pyridine rings is 1. The van der Waals surface area contributed by atoms with Crippen LogP contribution in [0.5, 0.6) is 0 Å². The number of aromatic nitrogens is 1. The van der Waals surface area contributed by atoms with Crippen LogP contribution in [0.15, 0.2) is 59.3 Å². The van der Waals surface area contributed by atoms with Crippen molar-refractivity contribution in [1.82, 2.24) is 4.98 Å². The van der Waals surface area contributed by atoms with Gasteiger partial charge in [-0.1, -0.05) is 34.1 Å². The van der Waals surface area contributed by atoms with Crippen molar-refractivity contribution in [3.8, 4) is 0 Å². The van der Waals surface area contributed by atoms with Crippen molar-refractivity contribution in [2.24, 2.45) is 0 Å². The summed E-state index contributed by atoms with van der Waals surface area (Å²) in [5.74, 6) is -0.0182. The minimum atomic E-state index is -0.0182. The molecule has 0 amide bonds. The lowest BCUT2D eigenvalue weighted by Crippen LogP contribution is -1.93. The Labute approximate surface area is 108 Å². The molecule has 0 atom stereocenters. The van der Waals surface area contributed by atoms with Crippen LogP contribution in [0.2, 0.25) is 0 Å². The molecule has 0 unspecified atom stereocenters. The second-order valence-corrected chi connectivity index (χ2v) is 4.40. The predicted molar refractivity (Wildman–Crippen MR) is 71.7 cm³/mol. The normalized spacial score (nSPS) is 10.6. The highest BCUT2D eigenvalue weighted by Crippen LogP contribution is 2.12. The topological polar surface area (TPSA) is 30.0 Å². The van der Waals surface area contributed by atoms with E-state index in [4.69, 9.17) is 0 Å². The number of carbonyl (C=O) groups excluding carboxylic acids is 1. The molecular weight excluding hydrogens is 278 g/mol. The molecule has 0 aliphatic rings. The third-order valence-corrected chi connectivity index (χ3v) is 2.79. The number of ketones is 1. The summed E-state index contributed by atoms with van der Waals surface area (Å²) in [6.07, 6.45) is 6.59. The maximum Gasteiger partial charge on any atom is 0.185 e. The number of hydrogen-bond acceptors (Lipinski definition) is 2. The fraction of sp³-hybridized carbons (Fsp3) is 0. The van der Waals surface area contributed by atoms with Gasteiger partial charge in [-0.3, -0.25) is 9.78 Å². The van der Waals surface area contributed by atoms with Gasteiger partial charge in [-0.15, -0.1) is 0 Å². The Bertz CT molecular complexity index is 532. The Morgan fingerprint density at radius 2 is 1.71 bits per heavy atom. The van der Waals surface area contributed by atoms with Crippen LogP contribution < -0.4 is 0 Å². The third-order valence-electron chi connectivity index (χ3n) is 2.26. The minimum Gasteiger partial charge on any atom is -0.289 e. The van der Waals surface area contributed by atoms with Gasteiger partial charge < -0.3 is 0 Å². The van der Waals surface area contributed by atoms with Crippen LogP contribution in [0.25, 0.3) is 6.08 Å². The van der Waals surface area contributed by atoms with E-state index in [1.807, 2.05) is 24.3 Å². The second kappa shape index (κ2) is 5.55. The summed E-state index contributed by atoms with van der Waals surface area (Å²) in [5.41, 5.74) is 1.64. The summed E-state index contributed by atoms with van der Waals surface area (Å²) in [7, 11) is 0. The first-order chi connectivity index (χ1) is 8.25. The molecule has 0 fully saturated rings. The highest BCUT2D eigenvalue weighted by Gasteiger charge is 1.99. The zero-order valence-corrected chi connectivity index (χ0v) is 10.6. The highest BCUT2D eigenvalue weighted by molar-refractivity contribution is 9.10. The lowest BCUT2D eigenvalue weighted by atomic mass is 10.1. The number of hydrogen-bond donors (Lipinski definition) is 0. The highest BCUT2D eigenvalue weighted by atomic mass is 79.9. The molecule has 1 heterocycles. The van der Waals surface area contributed by atoms with Gasteiger partial charge in [-0.2, -0.15) is 0 Å². The molecule has 0 spiro atoms. The Morgan fingerprint density at radius 3 is 2.35 bits per heavy atom. The van der Waals surface area contributed by atoms with Gasteiger partial charge in [-0.25, -0.2) is 0 Å². The van der Waals surface area contributed by atoms with Crippen LogP contribution >= 0.6 is 15.9 Å². The molecule has 1 aromatic heterocycles. The van der Waals surface area contributed by atoms with Crippen molar-refractivity contribution in [3.05, 3.63) is 70.5 Å². The van der Waals surface area contributed by atoms with Gasteiger partial charge in [0.2, 0.25) is 0 Å². The van der Waals surface area contributed by atoms with E-state index in [0.29, 0.717) is 5.56 Å². The van der Waals surface area contributed by atoms with E-state index >= 15 is 0 Å². The number of rotatable bonds is 3. The standard InChI is InChI=1S/C14H10BrNO/c15-13-4-1-11(2-5-13)3-6-14(17)12-7-9-16-10-8-12/h1-10H. The van der Waals surface area contributed by atoms with Crippen molar-refractivity contribution in [2.75, 3.05) is 0 Å². The molecule has 1 aromatic carbocycles. The van der Waals surface area contributed by atoms with Gasteiger partial charge in [0.05, 0.1) is 0 Å². The summed E-state index contributed by atoms with van der Waals surface area (Å²) >= 11 is 3.36. The van der Waals surface area contributed by atoms with Gasteiger partial charge in [0.25, 0.3) is 0 Å². The van der Waals surface area contributed by atoms with Gasteiger partial charge in [0.15, 0.2) is 5.78 Å². The van der Waals surface area contributed by atoms with Crippen LogP contribution in [0.4, 0.5) is 0 Å². The maximum atomic E-state index is 11.8. The van der Waals surface area contributed by atoms with Gasteiger partial charge >= 0.3 is 0 Å². The summed E-state index contributed by atoms with van der Waals surface area (Å²) in [5, 5.41) is 0. The van der Waals surface area contributed by atoms with Crippen molar-refractivity contribution >= 4 is 27.8 Å². The molecule has 2 nitrogen and oxygen atoms in total. The van der Waals surface area contributed by atoms with Crippen LogP contribution in [0, 0.1) is 0 Å². The van der Waals surface area contributed by atoms with Crippen molar-refractivity contribution < 1.29 is 4.79 Å². The van der Waals surface area contributed by atoms with E-state index in [1.165, 1.54) is 0 Å². The fourth-order valence-electron chi connectivity index (χ4n) is 1.36. The summed E-state index contributed by atoms with van der Waals surface area (Å²) < 4.78 is 1.02. The monoisotopic (exact) mass is 287 g/mol. The van der Waals surface area contributed by atoms with Gasteiger partial charge in [0.1, 0.15) is 0 Å². The number of nitrogens with zero attached hydrogens (tertiary/aromatic N) is 1. The quantitative estimate of drug-likeness (QED) is 0.636. The first-order valence-corrected chi connectivity index (χ1v) is 5.93. The smallest absolute Gasteiger partial charge is 0.185 e. The van der Waals surface area contributed by atoms with Crippen molar-refractivity contribution in [2.45, 2.75) is 0 Å². The Balaban J connectivity index is 2.11. The molecule has 17 heavy (non-hydrogen) atoms. The molecule has 2 rings (SSSR count). The number of benzene rings is 1. The minimum absolute atomic E-state index is 0.0182. The fourth-order valence-corrected chi connectivity index (χ4v) is 1.62. The van der Waals surface area contributed by atoms with Crippen LogP contribution in [0.3, 0.4) is 0 Å². The number of halogens is 1. The summed E-state index contributed by atoms with van der Waals surface area (Å²) in [6.45, 7) is 0. The molecule has 3 heteroatoms. The summed E-state index contributed by atoms with van der Waals surface area (Å²) in [6, 6.07) is 11.2. The Kier molecular flexibility index (Phi) is 3.83. The molecule has 0 N–H and O–H groups in total. The molecule has 84 valence electrons. The first kappa shape index (κ1) is 11.7. The van der Waals surface area contributed by atoms with E-state index in [0.717, 1.165) is 10.0 Å². The zero-order chi connectivity index (χ0) is 12.1. The maximum absolute atomic E-state index is 11.8. The summed E-state index contributed by atoms with van der Waals surface area (Å²) in [4.78, 5) is 15.6. The molecule has 0 bridgehead atoms. The van der Waals surface area contributed by atoms with Crippen LogP contribution in [0.1, 0.15) is 15.9 Å². The van der Waals surface area contributed by atoms with E-state index in [9.17, 15) is 4.79 Å². The van der Waals surface area contributed by atoms with Crippen molar-refractivity contribution in [1.29, 1.82) is 0 Å². The van der Waals surface area contributed by atoms with Crippen LogP contribution in [-0.4, -0.2) is 10.8 Å². The SMILES string of the molecule is O=C(C=Cc1ccc(Br)cc1)c1ccncc1. The lowest BCUT2D eigenvalue weighted by Gasteiger charge is -1.95. The molecule has 0 aliphatic carbocycles. The largest absolute Gasteiger partial charge is 0.289 e. The average molecular weight is 288 g/mol. The lowest BCUT2D eigenvalue weighted by molar-refractivity contribution is 0.104. The average Bonchev–Trinajstić information content (AvgIpc) is 2.39. The predicted octanol–water partition coefficient (Wildman–Crippen LogP) is 3.74. The van der Waals surface area contributed by atoms with Gasteiger partial charge in [0, 0.05) is 22.4 Å². The third kappa shape index (κ3) is 3.36.